The zero-order chi connectivity index (χ0) is 13.6. The molecule has 0 spiro atoms. The highest BCUT2D eigenvalue weighted by Gasteiger charge is 2.29. The molecule has 1 heterocycles. The molecule has 0 amide bonds. The van der Waals surface area contributed by atoms with Crippen LogP contribution in [0.5, 0.6) is 0 Å². The molecule has 3 nitrogen and oxygen atoms in total. The van der Waals surface area contributed by atoms with E-state index in [4.69, 9.17) is 11.6 Å². The van der Waals surface area contributed by atoms with Crippen molar-refractivity contribution >= 4 is 34.2 Å². The lowest BCUT2D eigenvalue weighted by molar-refractivity contribution is 0.628. The number of halogens is 3. The molecule has 0 aliphatic heterocycles. The second kappa shape index (κ2) is 4.86. The monoisotopic (exact) mass is 390 g/mol. The van der Waals surface area contributed by atoms with E-state index >= 15 is 0 Å². The van der Waals surface area contributed by atoms with Crippen molar-refractivity contribution in [1.29, 1.82) is 0 Å². The summed E-state index contributed by atoms with van der Waals surface area (Å²) < 4.78 is 14.1. The summed E-state index contributed by atoms with van der Waals surface area (Å²) in [4.78, 5) is 19.0. The number of rotatable bonds is 2. The number of nitrogens with one attached hydrogen (secondary N) is 1. The van der Waals surface area contributed by atoms with E-state index in [-0.39, 0.29) is 10.6 Å². The normalized spacial score (nSPS) is 14.7. The second-order valence-corrected chi connectivity index (χ2v) is 6.00. The highest BCUT2D eigenvalue weighted by Crippen LogP contribution is 2.40. The van der Waals surface area contributed by atoms with Gasteiger partial charge in [0.25, 0.3) is 5.56 Å². The molecule has 1 saturated carbocycles. The molecule has 0 saturated heterocycles. The third-order valence-corrected chi connectivity index (χ3v) is 4.39. The van der Waals surface area contributed by atoms with Crippen LogP contribution >= 0.6 is 34.2 Å². The van der Waals surface area contributed by atoms with E-state index in [9.17, 15) is 9.18 Å². The first kappa shape index (κ1) is 13.1. The molecule has 1 aliphatic carbocycles. The minimum atomic E-state index is -0.520. The quantitative estimate of drug-likeness (QED) is 0.795. The van der Waals surface area contributed by atoms with Gasteiger partial charge in [-0.05, 0) is 53.6 Å². The van der Waals surface area contributed by atoms with Crippen molar-refractivity contribution in [3.63, 3.8) is 0 Å². The Hall–Kier alpha value is -0.950. The molecule has 0 bridgehead atoms. The first-order valence-corrected chi connectivity index (χ1v) is 7.27. The van der Waals surface area contributed by atoms with Gasteiger partial charge in [-0.1, -0.05) is 11.6 Å². The summed E-state index contributed by atoms with van der Waals surface area (Å²) >= 11 is 7.65. The van der Waals surface area contributed by atoms with Crippen molar-refractivity contribution in [3.05, 3.63) is 48.7 Å². The maximum absolute atomic E-state index is 13.5. The second-order valence-electron chi connectivity index (χ2n) is 4.52. The lowest BCUT2D eigenvalue weighted by Gasteiger charge is -2.06. The van der Waals surface area contributed by atoms with Crippen molar-refractivity contribution in [3.8, 4) is 11.4 Å². The van der Waals surface area contributed by atoms with Gasteiger partial charge in [-0.3, -0.25) is 4.79 Å². The van der Waals surface area contributed by atoms with Crippen LogP contribution in [0.3, 0.4) is 0 Å². The molecule has 1 aliphatic rings. The largest absolute Gasteiger partial charge is 0.306 e. The van der Waals surface area contributed by atoms with Crippen molar-refractivity contribution in [1.82, 2.24) is 9.97 Å². The zero-order valence-electron chi connectivity index (χ0n) is 9.71. The molecule has 6 heteroatoms. The Bertz CT molecular complexity index is 712. The predicted molar refractivity (Wildman–Crippen MR) is 80.0 cm³/mol. The zero-order valence-corrected chi connectivity index (χ0v) is 12.6. The minimum absolute atomic E-state index is 0.0547. The van der Waals surface area contributed by atoms with E-state index in [2.05, 4.69) is 9.97 Å². The molecule has 3 rings (SSSR count). The molecular weight excluding hydrogens is 382 g/mol. The Balaban J connectivity index is 2.14. The van der Waals surface area contributed by atoms with Crippen LogP contribution in [0.25, 0.3) is 11.4 Å². The van der Waals surface area contributed by atoms with E-state index in [1.807, 2.05) is 22.6 Å². The van der Waals surface area contributed by atoms with E-state index in [1.165, 1.54) is 12.1 Å². The van der Waals surface area contributed by atoms with Crippen molar-refractivity contribution < 1.29 is 4.39 Å². The molecule has 1 N–H and O–H groups in total. The number of aromatic amines is 1. The minimum Gasteiger partial charge on any atom is -0.306 e. The fraction of sp³-hybridized carbons (Fsp3) is 0.231. The van der Waals surface area contributed by atoms with Crippen molar-refractivity contribution in [2.75, 3.05) is 0 Å². The number of hydrogen-bond acceptors (Lipinski definition) is 2. The highest BCUT2D eigenvalue weighted by atomic mass is 127. The lowest BCUT2D eigenvalue weighted by atomic mass is 10.2. The van der Waals surface area contributed by atoms with E-state index in [1.54, 1.807) is 6.07 Å². The average Bonchev–Trinajstić information content (AvgIpc) is 3.20. The SMILES string of the molecule is O=c1[nH]c(-c2ccc(Cl)c(F)c2)nc(C2CC2)c1I. The molecule has 0 unspecified atom stereocenters. The maximum atomic E-state index is 13.5. The summed E-state index contributed by atoms with van der Waals surface area (Å²) in [5, 5.41) is 0.0547. The average molecular weight is 391 g/mol. The molecular formula is C13H9ClFIN2O. The molecule has 1 aromatic carbocycles. The number of hydrogen-bond donors (Lipinski definition) is 1. The number of aromatic nitrogens is 2. The van der Waals surface area contributed by atoms with Gasteiger partial charge in [-0.2, -0.15) is 0 Å². The standard InChI is InChI=1S/C13H9ClFIN2O/c14-8-4-3-7(5-9(8)15)12-17-11(6-1-2-6)10(16)13(19)18-12/h3-6H,1-2H2,(H,17,18,19). The van der Waals surface area contributed by atoms with E-state index in [0.717, 1.165) is 18.5 Å². The van der Waals surface area contributed by atoms with Crippen LogP contribution in [-0.4, -0.2) is 9.97 Å². The first-order valence-electron chi connectivity index (χ1n) is 5.81. The Morgan fingerprint density at radius 3 is 2.79 bits per heavy atom. The first-order chi connectivity index (χ1) is 9.06. The van der Waals surface area contributed by atoms with Gasteiger partial charge < -0.3 is 4.98 Å². The smallest absolute Gasteiger partial charge is 0.264 e. The van der Waals surface area contributed by atoms with Crippen molar-refractivity contribution in [2.24, 2.45) is 0 Å². The lowest BCUT2D eigenvalue weighted by Crippen LogP contribution is -2.16. The highest BCUT2D eigenvalue weighted by molar-refractivity contribution is 14.1. The molecule has 98 valence electrons. The fourth-order valence-electron chi connectivity index (χ4n) is 1.88. The molecule has 1 aromatic heterocycles. The number of nitrogens with zero attached hydrogens (tertiary/aromatic N) is 1. The van der Waals surface area contributed by atoms with Crippen LogP contribution in [0.4, 0.5) is 4.39 Å². The van der Waals surface area contributed by atoms with Gasteiger partial charge in [0.05, 0.1) is 14.3 Å². The van der Waals surface area contributed by atoms with Crippen LogP contribution in [-0.2, 0) is 0 Å². The summed E-state index contributed by atoms with van der Waals surface area (Å²) in [5.41, 5.74) is 1.16. The van der Waals surface area contributed by atoms with E-state index < -0.39 is 5.82 Å². The third-order valence-electron chi connectivity index (χ3n) is 3.05. The molecule has 19 heavy (non-hydrogen) atoms. The van der Waals surface area contributed by atoms with Gasteiger partial charge in [0.15, 0.2) is 0 Å². The topological polar surface area (TPSA) is 45.8 Å². The van der Waals surface area contributed by atoms with E-state index in [0.29, 0.717) is 20.9 Å². The summed E-state index contributed by atoms with van der Waals surface area (Å²) in [6.45, 7) is 0. The molecule has 2 aromatic rings. The molecule has 0 atom stereocenters. The Labute approximate surface area is 127 Å². The maximum Gasteiger partial charge on any atom is 0.264 e. The van der Waals surface area contributed by atoms with Gasteiger partial charge in [0, 0.05) is 11.5 Å². The summed E-state index contributed by atoms with van der Waals surface area (Å²) in [6.07, 6.45) is 2.11. The van der Waals surface area contributed by atoms with Gasteiger partial charge in [-0.15, -0.1) is 0 Å². The van der Waals surface area contributed by atoms with Gasteiger partial charge in [-0.25, -0.2) is 9.37 Å². The van der Waals surface area contributed by atoms with Crippen LogP contribution in [0, 0.1) is 9.39 Å². The number of benzene rings is 1. The Morgan fingerprint density at radius 1 is 1.42 bits per heavy atom. The van der Waals surface area contributed by atoms with Crippen LogP contribution in [0.1, 0.15) is 24.5 Å². The summed E-state index contributed by atoms with van der Waals surface area (Å²) in [7, 11) is 0. The summed E-state index contributed by atoms with van der Waals surface area (Å²) in [6, 6.07) is 4.39. The molecule has 0 radical (unpaired) electrons. The van der Waals surface area contributed by atoms with Gasteiger partial charge in [0.1, 0.15) is 11.6 Å². The Morgan fingerprint density at radius 2 is 2.16 bits per heavy atom. The predicted octanol–water partition coefficient (Wildman–Crippen LogP) is 3.71. The summed E-state index contributed by atoms with van der Waals surface area (Å²) in [5.74, 6) is 0.237. The van der Waals surface area contributed by atoms with Crippen LogP contribution in [0.2, 0.25) is 5.02 Å². The molecule has 1 fully saturated rings. The Kier molecular flexibility index (Phi) is 3.34. The van der Waals surface area contributed by atoms with Gasteiger partial charge >= 0.3 is 0 Å². The van der Waals surface area contributed by atoms with Crippen molar-refractivity contribution in [2.45, 2.75) is 18.8 Å². The third kappa shape index (κ3) is 2.53. The van der Waals surface area contributed by atoms with Crippen LogP contribution < -0.4 is 5.56 Å². The fourth-order valence-corrected chi connectivity index (χ4v) is 2.70. The van der Waals surface area contributed by atoms with Crippen LogP contribution in [0.15, 0.2) is 23.0 Å². The number of H-pyrrole nitrogens is 1. The van der Waals surface area contributed by atoms with Gasteiger partial charge in [0.2, 0.25) is 0 Å².